The molecule has 0 saturated heterocycles. The normalized spacial score (nSPS) is 13.7. The van der Waals surface area contributed by atoms with Crippen molar-refractivity contribution in [2.75, 3.05) is 20.4 Å². The van der Waals surface area contributed by atoms with Gasteiger partial charge in [0, 0.05) is 5.56 Å². The van der Waals surface area contributed by atoms with Gasteiger partial charge in [-0.2, -0.15) is 9.71 Å². The number of hydrogen-bond donors (Lipinski definition) is 7. The van der Waals surface area contributed by atoms with Crippen molar-refractivity contribution in [1.82, 2.24) is 26.1 Å². The second kappa shape index (κ2) is 24.6. The van der Waals surface area contributed by atoms with Crippen LogP contribution >= 0.6 is 7.75 Å². The molecule has 23 heteroatoms. The molecule has 4 amide bonds. The van der Waals surface area contributed by atoms with Crippen molar-refractivity contribution in [1.29, 1.82) is 0 Å². The predicted molar refractivity (Wildman–Crippen MR) is 219 cm³/mol. The summed E-state index contributed by atoms with van der Waals surface area (Å²) in [6.07, 6.45) is 1.77. The quantitative estimate of drug-likeness (QED) is 0.0137. The zero-order chi connectivity index (χ0) is 46.7. The molecule has 1 heterocycles. The highest BCUT2D eigenvalue weighted by Crippen LogP contribution is 2.46. The monoisotopic (exact) mass is 903 g/mol. The molecule has 342 valence electrons. The van der Waals surface area contributed by atoms with Gasteiger partial charge in [0.1, 0.15) is 29.3 Å². The summed E-state index contributed by atoms with van der Waals surface area (Å²) in [6.45, 7) is 3.66. The van der Waals surface area contributed by atoms with Gasteiger partial charge in [0.25, 0.3) is 11.8 Å². The Balaban J connectivity index is 1.78. The van der Waals surface area contributed by atoms with Gasteiger partial charge < -0.3 is 49.7 Å². The number of amides is 4. The number of para-hydroxylation sites is 1. The van der Waals surface area contributed by atoms with Crippen molar-refractivity contribution in [2.45, 2.75) is 77.4 Å². The number of hydroxylamine groups is 2. The van der Waals surface area contributed by atoms with E-state index in [4.69, 9.17) is 33.3 Å². The summed E-state index contributed by atoms with van der Waals surface area (Å²) in [4.78, 5) is 98.5. The van der Waals surface area contributed by atoms with Gasteiger partial charge in [-0.15, -0.1) is 0 Å². The topological polar surface area (TPSA) is 316 Å². The van der Waals surface area contributed by atoms with Gasteiger partial charge in [-0.25, -0.2) is 19.2 Å². The Bertz CT molecular complexity index is 2130. The standard InChI is InChI=1S/C40H50N5O17P/c1-5-7-9-14-27(30(6-2)45(23-46)62-63(57,44-24(3)40(56)58-4)61-26-12-10-8-11-13-26)36(51)41-22-42-38(53)32-18-17-31(60-32)25-15-16-28(33(19-25)59-21-35(49)50)37(52)43-29(39(54)55)20-34(47)48/h8,10-13,15-19,23-24,27,29-30H,5-7,9,14,20-22H2,1-4H3,(H,41,51)(H,42,53)(H,43,52)(H,44,57)(H,47,48)(H,49,50)(H,54,55)/t24?,27-,29+,30-,63?/m1/s1. The van der Waals surface area contributed by atoms with Gasteiger partial charge in [0.05, 0.1) is 37.7 Å². The number of nitrogens with zero attached hydrogens (tertiary/aromatic N) is 1. The predicted octanol–water partition coefficient (Wildman–Crippen LogP) is 3.57. The molecule has 0 bridgehead atoms. The van der Waals surface area contributed by atoms with Crippen LogP contribution in [-0.4, -0.2) is 107 Å². The maximum atomic E-state index is 14.1. The first-order chi connectivity index (χ1) is 29.9. The van der Waals surface area contributed by atoms with E-state index in [9.17, 15) is 48.0 Å². The molecule has 63 heavy (non-hydrogen) atoms. The number of hydrogen-bond acceptors (Lipinski definition) is 14. The summed E-state index contributed by atoms with van der Waals surface area (Å²) in [5, 5.41) is 37.8. The van der Waals surface area contributed by atoms with Crippen molar-refractivity contribution in [3.63, 3.8) is 0 Å². The average molecular weight is 904 g/mol. The number of unbranched alkanes of at least 4 members (excludes halogenated alkanes) is 2. The van der Waals surface area contributed by atoms with Crippen LogP contribution in [0.4, 0.5) is 0 Å². The van der Waals surface area contributed by atoms with Crippen LogP contribution in [-0.2, 0) is 42.7 Å². The average Bonchev–Trinajstić information content (AvgIpc) is 3.75. The second-order valence-electron chi connectivity index (χ2n) is 13.6. The van der Waals surface area contributed by atoms with Crippen LogP contribution in [0.15, 0.2) is 65.1 Å². The van der Waals surface area contributed by atoms with Crippen LogP contribution in [0.3, 0.4) is 0 Å². The van der Waals surface area contributed by atoms with Crippen LogP contribution in [0, 0.1) is 5.92 Å². The number of rotatable bonds is 28. The highest BCUT2D eigenvalue weighted by molar-refractivity contribution is 7.52. The van der Waals surface area contributed by atoms with Crippen molar-refractivity contribution in [2.24, 2.45) is 5.92 Å². The molecule has 7 N–H and O–H groups in total. The number of methoxy groups -OCH3 is 1. The summed E-state index contributed by atoms with van der Waals surface area (Å²) >= 11 is 0. The largest absolute Gasteiger partial charge is 0.481 e. The molecule has 0 aliphatic carbocycles. The Morgan fingerprint density at radius 1 is 0.905 bits per heavy atom. The van der Waals surface area contributed by atoms with E-state index in [2.05, 4.69) is 21.0 Å². The molecule has 0 spiro atoms. The van der Waals surface area contributed by atoms with Gasteiger partial charge in [-0.1, -0.05) is 57.4 Å². The highest BCUT2D eigenvalue weighted by atomic mass is 31.2. The zero-order valence-electron chi connectivity index (χ0n) is 34.8. The zero-order valence-corrected chi connectivity index (χ0v) is 35.7. The van der Waals surface area contributed by atoms with Crippen molar-refractivity contribution in [3.05, 3.63) is 72.0 Å². The Labute approximate surface area is 361 Å². The lowest BCUT2D eigenvalue weighted by molar-refractivity contribution is -0.161. The summed E-state index contributed by atoms with van der Waals surface area (Å²) in [6, 6.07) is 10.2. The van der Waals surface area contributed by atoms with E-state index >= 15 is 0 Å². The van der Waals surface area contributed by atoms with Crippen molar-refractivity contribution >= 4 is 55.8 Å². The molecule has 5 atom stereocenters. The molecule has 22 nitrogen and oxygen atoms in total. The third-order valence-corrected chi connectivity index (χ3v) is 10.6. The Hall–Kier alpha value is -6.77. The number of carboxylic acid groups (broad SMARTS) is 3. The minimum absolute atomic E-state index is 0.0466. The van der Waals surface area contributed by atoms with Gasteiger partial charge in [0.2, 0.25) is 12.3 Å². The molecular weight excluding hydrogens is 853 g/mol. The molecule has 0 aliphatic heterocycles. The molecule has 3 aromatic rings. The van der Waals surface area contributed by atoms with Crippen molar-refractivity contribution in [3.8, 4) is 22.8 Å². The number of nitrogens with one attached hydrogen (secondary N) is 4. The van der Waals surface area contributed by atoms with E-state index < -0.39 is 93.1 Å². The van der Waals surface area contributed by atoms with Crippen LogP contribution in [0.5, 0.6) is 11.5 Å². The van der Waals surface area contributed by atoms with E-state index in [1.54, 1.807) is 25.1 Å². The smallest absolute Gasteiger partial charge is 0.481 e. The molecule has 2 unspecified atom stereocenters. The van der Waals surface area contributed by atoms with Crippen LogP contribution in [0.1, 0.15) is 80.2 Å². The van der Waals surface area contributed by atoms with E-state index in [1.165, 1.54) is 43.3 Å². The third-order valence-electron chi connectivity index (χ3n) is 9.03. The minimum atomic E-state index is -4.57. The number of carbonyl (C=O) groups is 8. The summed E-state index contributed by atoms with van der Waals surface area (Å²) in [5.74, 6) is -9.16. The molecule has 0 fully saturated rings. The summed E-state index contributed by atoms with van der Waals surface area (Å²) in [7, 11) is -3.44. The first-order valence-corrected chi connectivity index (χ1v) is 21.0. The summed E-state index contributed by atoms with van der Waals surface area (Å²) in [5.41, 5.74) is -0.131. The number of ether oxygens (including phenoxy) is 2. The fourth-order valence-electron chi connectivity index (χ4n) is 5.97. The lowest BCUT2D eigenvalue weighted by Crippen LogP contribution is -2.49. The third kappa shape index (κ3) is 15.6. The van der Waals surface area contributed by atoms with E-state index in [-0.39, 0.29) is 53.4 Å². The Morgan fingerprint density at radius 2 is 1.62 bits per heavy atom. The van der Waals surface area contributed by atoms with Gasteiger partial charge in [-0.3, -0.25) is 28.8 Å². The number of furan rings is 1. The molecule has 2 aromatic carbocycles. The van der Waals surface area contributed by atoms with E-state index in [0.29, 0.717) is 11.5 Å². The number of benzene rings is 2. The lowest BCUT2D eigenvalue weighted by atomic mass is 9.90. The van der Waals surface area contributed by atoms with Gasteiger partial charge >= 0.3 is 31.6 Å². The van der Waals surface area contributed by atoms with E-state index in [0.717, 1.165) is 26.0 Å². The van der Waals surface area contributed by atoms with Crippen LogP contribution in [0.2, 0.25) is 0 Å². The summed E-state index contributed by atoms with van der Waals surface area (Å²) < 4.78 is 41.1. The lowest BCUT2D eigenvalue weighted by Gasteiger charge is -2.34. The molecule has 0 aliphatic rings. The number of carboxylic acids is 3. The Kier molecular flexibility index (Phi) is 19.8. The first-order valence-electron chi connectivity index (χ1n) is 19.5. The molecule has 3 rings (SSSR count). The minimum Gasteiger partial charge on any atom is -0.481 e. The van der Waals surface area contributed by atoms with Crippen molar-refractivity contribution < 1.29 is 81.3 Å². The number of esters is 1. The van der Waals surface area contributed by atoms with Crippen LogP contribution in [0.25, 0.3) is 11.3 Å². The second-order valence-corrected chi connectivity index (χ2v) is 15.2. The molecule has 0 saturated carbocycles. The Morgan fingerprint density at radius 3 is 2.22 bits per heavy atom. The molecule has 1 aromatic heterocycles. The van der Waals surface area contributed by atoms with Gasteiger partial charge in [0.15, 0.2) is 12.4 Å². The first kappa shape index (κ1) is 50.6. The number of carbonyl (C=O) groups excluding carboxylic acids is 5. The maximum Gasteiger partial charge on any atom is 0.481 e. The van der Waals surface area contributed by atoms with Gasteiger partial charge in [-0.05, 0) is 56.2 Å². The molecule has 0 radical (unpaired) electrons. The van der Waals surface area contributed by atoms with Crippen LogP contribution < -0.4 is 30.3 Å². The number of aliphatic carboxylic acids is 3. The highest BCUT2D eigenvalue weighted by Gasteiger charge is 2.40. The SMILES string of the molecule is CCCCC[C@@H](C(=O)NCNC(=O)c1ccc(-c2ccc(C(=O)N[C@@H](CC(=O)O)C(=O)O)c(OCC(=O)O)c2)o1)[C@@H](CC)N(C=O)OP(=O)(NC(C)C(=O)OC)Oc1ccccc1. The molecular formula is C40H50N5O17P. The maximum absolute atomic E-state index is 14.1. The van der Waals surface area contributed by atoms with E-state index in [1.807, 2.05) is 6.92 Å². The fraction of sp³-hybridized carbons (Fsp3) is 0.400. The fourth-order valence-corrected chi connectivity index (χ4v) is 7.49.